The molecule has 3 unspecified atom stereocenters. The molecule has 0 spiro atoms. The Morgan fingerprint density at radius 2 is 1.84 bits per heavy atom. The first-order chi connectivity index (χ1) is 9.02. The highest BCUT2D eigenvalue weighted by molar-refractivity contribution is 5.84. The Morgan fingerprint density at radius 1 is 1.26 bits per heavy atom. The van der Waals surface area contributed by atoms with E-state index in [2.05, 4.69) is 5.32 Å². The van der Waals surface area contributed by atoms with Gasteiger partial charge in [0.1, 0.15) is 0 Å². The van der Waals surface area contributed by atoms with E-state index in [0.29, 0.717) is 6.42 Å². The molecule has 1 N–H and O–H groups in total. The largest absolute Gasteiger partial charge is 0.550 e. The number of benzene rings is 1. The van der Waals surface area contributed by atoms with Crippen LogP contribution < -0.4 is 10.4 Å². The Hall–Kier alpha value is -1.84. The predicted octanol–water partition coefficient (Wildman–Crippen LogP) is 0.928. The monoisotopic (exact) mass is 262 g/mol. The average Bonchev–Trinajstić information content (AvgIpc) is 2.43. The smallest absolute Gasteiger partial charge is 0.223 e. The van der Waals surface area contributed by atoms with Gasteiger partial charge in [0.05, 0.1) is 0 Å². The number of hydrogen-bond acceptors (Lipinski definition) is 3. The highest BCUT2D eigenvalue weighted by Crippen LogP contribution is 2.33. The highest BCUT2D eigenvalue weighted by atomic mass is 16.4. The van der Waals surface area contributed by atoms with Crippen LogP contribution in [0.4, 0.5) is 0 Å². The lowest BCUT2D eigenvalue weighted by Gasteiger charge is -2.31. The molecular formula is C15H20NO3-. The van der Waals surface area contributed by atoms with Crippen LogP contribution in [0.3, 0.4) is 0 Å². The van der Waals surface area contributed by atoms with Crippen LogP contribution in [0.15, 0.2) is 30.3 Å². The number of nitrogens with one attached hydrogen (secondary N) is 1. The molecule has 3 atom stereocenters. The number of carboxylic acids is 1. The second-order valence-corrected chi connectivity index (χ2v) is 4.67. The lowest BCUT2D eigenvalue weighted by molar-refractivity contribution is -0.313. The summed E-state index contributed by atoms with van der Waals surface area (Å²) in [5.41, 5.74) is 0.926. The third-order valence-corrected chi connectivity index (χ3v) is 3.57. The van der Waals surface area contributed by atoms with Gasteiger partial charge < -0.3 is 15.2 Å². The molecule has 104 valence electrons. The number of aliphatic carboxylic acids is 1. The van der Waals surface area contributed by atoms with Crippen molar-refractivity contribution >= 4 is 11.9 Å². The van der Waals surface area contributed by atoms with Gasteiger partial charge in [-0.3, -0.25) is 4.79 Å². The summed E-state index contributed by atoms with van der Waals surface area (Å²) in [5, 5.41) is 13.9. The first kappa shape index (κ1) is 15.2. The molecule has 0 aliphatic carbocycles. The summed E-state index contributed by atoms with van der Waals surface area (Å²) in [6, 6.07) is 9.40. The molecule has 0 saturated carbocycles. The van der Waals surface area contributed by atoms with Gasteiger partial charge in [-0.25, -0.2) is 0 Å². The van der Waals surface area contributed by atoms with Gasteiger partial charge in [-0.15, -0.1) is 0 Å². The molecule has 19 heavy (non-hydrogen) atoms. The molecule has 1 amide bonds. The summed E-state index contributed by atoms with van der Waals surface area (Å²) in [7, 11) is 1.51. The van der Waals surface area contributed by atoms with Crippen molar-refractivity contribution in [3.05, 3.63) is 35.9 Å². The minimum atomic E-state index is -1.17. The van der Waals surface area contributed by atoms with E-state index in [1.807, 2.05) is 37.3 Å². The first-order valence-corrected chi connectivity index (χ1v) is 6.50. The maximum atomic E-state index is 11.7. The van der Waals surface area contributed by atoms with Gasteiger partial charge in [0.25, 0.3) is 0 Å². The van der Waals surface area contributed by atoms with Gasteiger partial charge in [0.15, 0.2) is 0 Å². The van der Waals surface area contributed by atoms with Crippen molar-refractivity contribution in [3.63, 3.8) is 0 Å². The maximum Gasteiger partial charge on any atom is 0.223 e. The van der Waals surface area contributed by atoms with Crippen LogP contribution in [0.1, 0.15) is 31.7 Å². The average molecular weight is 262 g/mol. The second kappa shape index (κ2) is 6.92. The summed E-state index contributed by atoms with van der Waals surface area (Å²) in [4.78, 5) is 23.2. The standard InChI is InChI=1S/C15H21NO3/c1-4-12(11-8-6-5-7-9-11)13(15(18)19)10(2)14(17)16-3/h5-10,12-13H,4H2,1-3H3,(H,16,17)(H,18,19)/p-1. The van der Waals surface area contributed by atoms with Gasteiger partial charge in [0.2, 0.25) is 5.91 Å². The third-order valence-electron chi connectivity index (χ3n) is 3.57. The van der Waals surface area contributed by atoms with Gasteiger partial charge in [-0.2, -0.15) is 0 Å². The van der Waals surface area contributed by atoms with Crippen molar-refractivity contribution in [2.45, 2.75) is 26.2 Å². The Morgan fingerprint density at radius 3 is 2.26 bits per heavy atom. The van der Waals surface area contributed by atoms with Crippen LogP contribution in [0.25, 0.3) is 0 Å². The molecule has 0 aromatic heterocycles. The van der Waals surface area contributed by atoms with Crippen molar-refractivity contribution in [3.8, 4) is 0 Å². The molecule has 0 radical (unpaired) electrons. The van der Waals surface area contributed by atoms with Crippen molar-refractivity contribution in [1.82, 2.24) is 5.32 Å². The topological polar surface area (TPSA) is 69.2 Å². The lowest BCUT2D eigenvalue weighted by atomic mass is 9.77. The number of rotatable bonds is 6. The van der Waals surface area contributed by atoms with E-state index in [1.165, 1.54) is 7.05 Å². The van der Waals surface area contributed by atoms with E-state index in [1.54, 1.807) is 6.92 Å². The van der Waals surface area contributed by atoms with E-state index < -0.39 is 17.8 Å². The molecule has 4 heteroatoms. The number of carbonyl (C=O) groups excluding carboxylic acids is 2. The number of hydrogen-bond donors (Lipinski definition) is 1. The Bertz CT molecular complexity index is 430. The lowest BCUT2D eigenvalue weighted by Crippen LogP contribution is -2.43. The summed E-state index contributed by atoms with van der Waals surface area (Å²) in [5.74, 6) is -3.12. The molecule has 0 fully saturated rings. The fraction of sp³-hybridized carbons (Fsp3) is 0.467. The van der Waals surface area contributed by atoms with Gasteiger partial charge in [0, 0.05) is 24.9 Å². The number of amides is 1. The molecule has 0 saturated heterocycles. The minimum absolute atomic E-state index is 0.224. The van der Waals surface area contributed by atoms with Crippen molar-refractivity contribution in [2.24, 2.45) is 11.8 Å². The first-order valence-electron chi connectivity index (χ1n) is 6.50. The van der Waals surface area contributed by atoms with Crippen molar-refractivity contribution < 1.29 is 14.7 Å². The molecule has 1 aromatic rings. The number of carbonyl (C=O) groups is 2. The molecule has 0 bridgehead atoms. The van der Waals surface area contributed by atoms with Gasteiger partial charge in [-0.05, 0) is 17.9 Å². The van der Waals surface area contributed by atoms with E-state index >= 15 is 0 Å². The predicted molar refractivity (Wildman–Crippen MR) is 71.2 cm³/mol. The fourth-order valence-corrected chi connectivity index (χ4v) is 2.50. The van der Waals surface area contributed by atoms with E-state index in [0.717, 1.165) is 5.56 Å². The highest BCUT2D eigenvalue weighted by Gasteiger charge is 2.31. The second-order valence-electron chi connectivity index (χ2n) is 4.67. The summed E-state index contributed by atoms with van der Waals surface area (Å²) in [6.45, 7) is 3.55. The van der Waals surface area contributed by atoms with Crippen molar-refractivity contribution in [1.29, 1.82) is 0 Å². The zero-order valence-corrected chi connectivity index (χ0v) is 11.6. The van der Waals surface area contributed by atoms with Crippen LogP contribution >= 0.6 is 0 Å². The van der Waals surface area contributed by atoms with E-state index in [9.17, 15) is 14.7 Å². The molecule has 1 rings (SSSR count). The minimum Gasteiger partial charge on any atom is -0.550 e. The van der Waals surface area contributed by atoms with Gasteiger partial charge in [-0.1, -0.05) is 44.2 Å². The summed E-state index contributed by atoms with van der Waals surface area (Å²) < 4.78 is 0. The fourth-order valence-electron chi connectivity index (χ4n) is 2.50. The molecule has 1 aromatic carbocycles. The Labute approximate surface area is 113 Å². The maximum absolute atomic E-state index is 11.7. The van der Waals surface area contributed by atoms with E-state index in [4.69, 9.17) is 0 Å². The SMILES string of the molecule is CCC(c1ccccc1)C(C(=O)[O-])C(C)C(=O)NC. The summed E-state index contributed by atoms with van der Waals surface area (Å²) >= 11 is 0. The van der Waals surface area contributed by atoms with Crippen LogP contribution in [-0.2, 0) is 9.59 Å². The van der Waals surface area contributed by atoms with Crippen LogP contribution in [0.5, 0.6) is 0 Å². The zero-order valence-electron chi connectivity index (χ0n) is 11.6. The third kappa shape index (κ3) is 3.56. The van der Waals surface area contributed by atoms with Gasteiger partial charge >= 0.3 is 0 Å². The molecule has 0 aliphatic rings. The van der Waals surface area contributed by atoms with Crippen LogP contribution in [0, 0.1) is 11.8 Å². The number of carboxylic acid groups (broad SMARTS) is 1. The van der Waals surface area contributed by atoms with Crippen LogP contribution in [0.2, 0.25) is 0 Å². The molecule has 0 aliphatic heterocycles. The molecule has 0 heterocycles. The van der Waals surface area contributed by atoms with E-state index in [-0.39, 0.29) is 11.8 Å². The normalized spacial score (nSPS) is 15.3. The Kier molecular flexibility index (Phi) is 5.55. The van der Waals surface area contributed by atoms with Crippen LogP contribution in [-0.4, -0.2) is 18.9 Å². The molecular weight excluding hydrogens is 242 g/mol. The quantitative estimate of drug-likeness (QED) is 0.829. The summed E-state index contributed by atoms with van der Waals surface area (Å²) in [6.07, 6.45) is 0.643. The molecule has 4 nitrogen and oxygen atoms in total. The zero-order chi connectivity index (χ0) is 14.4. The Balaban J connectivity index is 3.09. The van der Waals surface area contributed by atoms with Crippen molar-refractivity contribution in [2.75, 3.05) is 7.05 Å².